The molecule has 2 aliphatic heterocycles. The van der Waals surface area contributed by atoms with Gasteiger partial charge in [-0.1, -0.05) is 48.5 Å². The van der Waals surface area contributed by atoms with Gasteiger partial charge in [0.15, 0.2) is 0 Å². The molecule has 3 atom stereocenters. The summed E-state index contributed by atoms with van der Waals surface area (Å²) in [5.74, 6) is 0.668. The van der Waals surface area contributed by atoms with Crippen LogP contribution in [-0.2, 0) is 6.42 Å². The van der Waals surface area contributed by atoms with Crippen LogP contribution in [0.2, 0.25) is 0 Å². The van der Waals surface area contributed by atoms with Crippen LogP contribution in [0, 0.1) is 0 Å². The van der Waals surface area contributed by atoms with E-state index in [0.29, 0.717) is 18.0 Å². The molecule has 0 aromatic heterocycles. The van der Waals surface area contributed by atoms with Crippen LogP contribution in [0.3, 0.4) is 0 Å². The summed E-state index contributed by atoms with van der Waals surface area (Å²) in [5, 5.41) is 7.46. The number of nitrogens with one attached hydrogen (secondary N) is 2. The van der Waals surface area contributed by atoms with Gasteiger partial charge in [-0.3, -0.25) is 0 Å². The summed E-state index contributed by atoms with van der Waals surface area (Å²) in [6, 6.07) is 20.7. The van der Waals surface area contributed by atoms with E-state index in [9.17, 15) is 0 Å². The Morgan fingerprint density at radius 2 is 1.75 bits per heavy atom. The van der Waals surface area contributed by atoms with Crippen molar-refractivity contribution in [3.05, 3.63) is 65.7 Å². The zero-order chi connectivity index (χ0) is 13.4. The van der Waals surface area contributed by atoms with Gasteiger partial charge in [-0.2, -0.15) is 0 Å². The molecule has 2 heteroatoms. The third kappa shape index (κ3) is 2.01. The highest BCUT2D eigenvalue weighted by atomic mass is 15.1. The number of fused-ring (bicyclic) bond motifs is 3. The normalized spacial score (nSPS) is 27.5. The minimum atomic E-state index is 0.517. The van der Waals surface area contributed by atoms with E-state index in [2.05, 4.69) is 65.2 Å². The van der Waals surface area contributed by atoms with Crippen LogP contribution in [0.5, 0.6) is 0 Å². The largest absolute Gasteiger partial charge is 0.380 e. The summed E-state index contributed by atoms with van der Waals surface area (Å²) in [7, 11) is 0. The molecule has 0 aliphatic carbocycles. The smallest absolute Gasteiger partial charge is 0.0487 e. The van der Waals surface area contributed by atoms with E-state index in [-0.39, 0.29) is 0 Å². The second kappa shape index (κ2) is 4.95. The van der Waals surface area contributed by atoms with E-state index >= 15 is 0 Å². The van der Waals surface area contributed by atoms with Gasteiger partial charge in [0.2, 0.25) is 0 Å². The van der Waals surface area contributed by atoms with Gasteiger partial charge < -0.3 is 10.6 Å². The summed E-state index contributed by atoms with van der Waals surface area (Å²) < 4.78 is 0. The van der Waals surface area contributed by atoms with Crippen molar-refractivity contribution < 1.29 is 0 Å². The highest BCUT2D eigenvalue weighted by molar-refractivity contribution is 5.60. The van der Waals surface area contributed by atoms with Gasteiger partial charge >= 0.3 is 0 Å². The molecule has 3 unspecified atom stereocenters. The average Bonchev–Trinajstić information content (AvgIpc) is 2.88. The number of piperidine rings is 1. The zero-order valence-corrected chi connectivity index (χ0v) is 11.5. The van der Waals surface area contributed by atoms with Crippen LogP contribution in [-0.4, -0.2) is 18.6 Å². The molecular formula is C18H20N2. The zero-order valence-electron chi connectivity index (χ0n) is 11.5. The topological polar surface area (TPSA) is 24.1 Å². The van der Waals surface area contributed by atoms with Gasteiger partial charge in [0, 0.05) is 23.7 Å². The molecule has 0 amide bonds. The molecule has 2 aromatic rings. The molecule has 0 spiro atoms. The summed E-state index contributed by atoms with van der Waals surface area (Å²) in [6.07, 6.45) is 2.34. The van der Waals surface area contributed by atoms with Gasteiger partial charge in [0.25, 0.3) is 0 Å². The summed E-state index contributed by atoms with van der Waals surface area (Å²) in [6.45, 7) is 1.12. The lowest BCUT2D eigenvalue weighted by molar-refractivity contribution is 0.340. The lowest BCUT2D eigenvalue weighted by Crippen LogP contribution is -2.51. The van der Waals surface area contributed by atoms with Gasteiger partial charge in [0.1, 0.15) is 0 Å². The second-order valence-corrected chi connectivity index (χ2v) is 5.90. The number of hydrogen-bond donors (Lipinski definition) is 2. The van der Waals surface area contributed by atoms with Crippen molar-refractivity contribution in [2.45, 2.75) is 30.8 Å². The molecule has 1 fully saturated rings. The van der Waals surface area contributed by atoms with E-state index in [1.165, 1.54) is 23.2 Å². The molecule has 0 saturated carbocycles. The Hall–Kier alpha value is -1.80. The fourth-order valence-electron chi connectivity index (χ4n) is 3.76. The molecule has 20 heavy (non-hydrogen) atoms. The number of para-hydroxylation sites is 1. The maximum atomic E-state index is 3.74. The van der Waals surface area contributed by atoms with Crippen molar-refractivity contribution in [1.82, 2.24) is 5.32 Å². The van der Waals surface area contributed by atoms with Crippen LogP contribution < -0.4 is 10.6 Å². The summed E-state index contributed by atoms with van der Waals surface area (Å²) in [5.41, 5.74) is 4.27. The van der Waals surface area contributed by atoms with Crippen molar-refractivity contribution in [1.29, 1.82) is 0 Å². The predicted molar refractivity (Wildman–Crippen MR) is 83.1 cm³/mol. The van der Waals surface area contributed by atoms with Gasteiger partial charge in [-0.25, -0.2) is 0 Å². The molecule has 102 valence electrons. The van der Waals surface area contributed by atoms with E-state index in [0.717, 1.165) is 13.0 Å². The number of anilines is 1. The third-order valence-corrected chi connectivity index (χ3v) is 4.71. The van der Waals surface area contributed by atoms with Crippen molar-refractivity contribution in [3.8, 4) is 0 Å². The molecule has 2 N–H and O–H groups in total. The van der Waals surface area contributed by atoms with Crippen molar-refractivity contribution in [2.75, 3.05) is 11.9 Å². The summed E-state index contributed by atoms with van der Waals surface area (Å²) in [4.78, 5) is 0. The second-order valence-electron chi connectivity index (χ2n) is 5.90. The Balaban J connectivity index is 1.58. The van der Waals surface area contributed by atoms with Crippen LogP contribution >= 0.6 is 0 Å². The van der Waals surface area contributed by atoms with E-state index < -0.39 is 0 Å². The van der Waals surface area contributed by atoms with E-state index in [4.69, 9.17) is 0 Å². The van der Waals surface area contributed by atoms with Crippen molar-refractivity contribution >= 4 is 5.69 Å². The first kappa shape index (κ1) is 12.0. The Morgan fingerprint density at radius 3 is 2.65 bits per heavy atom. The van der Waals surface area contributed by atoms with Crippen LogP contribution in [0.25, 0.3) is 0 Å². The first-order chi connectivity index (χ1) is 9.92. The number of benzene rings is 2. The SMILES string of the molecule is c1ccc(CC2NCCC3c4ccccc4NC23)cc1. The van der Waals surface area contributed by atoms with Crippen LogP contribution in [0.4, 0.5) is 5.69 Å². The molecule has 2 aliphatic rings. The van der Waals surface area contributed by atoms with Gasteiger partial charge in [-0.05, 0) is 36.6 Å². The molecule has 0 radical (unpaired) electrons. The lowest BCUT2D eigenvalue weighted by atomic mass is 9.83. The van der Waals surface area contributed by atoms with Crippen molar-refractivity contribution in [2.24, 2.45) is 0 Å². The minimum absolute atomic E-state index is 0.517. The number of hydrogen-bond acceptors (Lipinski definition) is 2. The molecule has 2 aromatic carbocycles. The first-order valence-electron chi connectivity index (χ1n) is 7.54. The maximum absolute atomic E-state index is 3.74. The number of rotatable bonds is 2. The van der Waals surface area contributed by atoms with Gasteiger partial charge in [-0.15, -0.1) is 0 Å². The fourth-order valence-corrected chi connectivity index (χ4v) is 3.76. The van der Waals surface area contributed by atoms with E-state index in [1.54, 1.807) is 0 Å². The minimum Gasteiger partial charge on any atom is -0.380 e. The van der Waals surface area contributed by atoms with Gasteiger partial charge in [0.05, 0.1) is 0 Å². The quantitative estimate of drug-likeness (QED) is 0.870. The van der Waals surface area contributed by atoms with Crippen LogP contribution in [0.1, 0.15) is 23.5 Å². The molecule has 1 saturated heterocycles. The Labute approximate surface area is 120 Å². The summed E-state index contributed by atoms with van der Waals surface area (Å²) >= 11 is 0. The molecular weight excluding hydrogens is 244 g/mol. The molecule has 2 nitrogen and oxygen atoms in total. The molecule has 4 rings (SSSR count). The van der Waals surface area contributed by atoms with E-state index in [1.807, 2.05) is 0 Å². The first-order valence-corrected chi connectivity index (χ1v) is 7.54. The van der Waals surface area contributed by atoms with Crippen LogP contribution in [0.15, 0.2) is 54.6 Å². The fraction of sp³-hybridized carbons (Fsp3) is 0.333. The highest BCUT2D eigenvalue weighted by Crippen LogP contribution is 2.41. The lowest BCUT2D eigenvalue weighted by Gasteiger charge is -2.35. The Bertz CT molecular complexity index is 593. The Kier molecular flexibility index (Phi) is 2.96. The molecule has 2 heterocycles. The molecule has 0 bridgehead atoms. The highest BCUT2D eigenvalue weighted by Gasteiger charge is 2.39. The monoisotopic (exact) mass is 264 g/mol. The third-order valence-electron chi connectivity index (χ3n) is 4.71. The van der Waals surface area contributed by atoms with Crippen molar-refractivity contribution in [3.63, 3.8) is 0 Å². The predicted octanol–water partition coefficient (Wildman–Crippen LogP) is 3.17. The maximum Gasteiger partial charge on any atom is 0.0487 e. The standard InChI is InChI=1S/C18H20N2/c1-2-6-13(7-3-1)12-17-18-15(10-11-19-17)14-8-4-5-9-16(14)20-18/h1-9,15,17-20H,10-12H2. The average molecular weight is 264 g/mol. The Morgan fingerprint density at radius 1 is 0.950 bits per heavy atom.